The van der Waals surface area contributed by atoms with E-state index in [0.717, 1.165) is 46.1 Å². The molecule has 2 aromatic carbocycles. The van der Waals surface area contributed by atoms with Crippen molar-refractivity contribution in [2.45, 2.75) is 33.2 Å². The Kier molecular flexibility index (Phi) is 6.07. The van der Waals surface area contributed by atoms with Crippen LogP contribution in [-0.4, -0.2) is 28.9 Å². The van der Waals surface area contributed by atoms with Gasteiger partial charge >= 0.3 is 0 Å². The number of nitrogens with zero attached hydrogens (tertiary/aromatic N) is 2. The first-order valence-corrected chi connectivity index (χ1v) is 10.6. The second-order valence-electron chi connectivity index (χ2n) is 7.54. The van der Waals surface area contributed by atoms with Crippen molar-refractivity contribution in [1.29, 1.82) is 0 Å². The molecule has 0 radical (unpaired) electrons. The summed E-state index contributed by atoms with van der Waals surface area (Å²) in [6.45, 7) is 7.11. The highest BCUT2D eigenvalue weighted by molar-refractivity contribution is 5.92. The number of carbonyl (C=O) groups is 1. The zero-order chi connectivity index (χ0) is 21.8. The van der Waals surface area contributed by atoms with Crippen LogP contribution in [0.25, 0.3) is 11.8 Å². The number of fused-ring (bicyclic) bond motifs is 1. The van der Waals surface area contributed by atoms with Gasteiger partial charge in [0.1, 0.15) is 13.2 Å². The number of aromatic nitrogens is 2. The van der Waals surface area contributed by atoms with Crippen molar-refractivity contribution < 1.29 is 14.3 Å². The van der Waals surface area contributed by atoms with Gasteiger partial charge in [-0.05, 0) is 56.2 Å². The molecule has 0 spiro atoms. The lowest BCUT2D eigenvalue weighted by Gasteiger charge is -2.22. The molecule has 0 aliphatic carbocycles. The Morgan fingerprint density at radius 1 is 1.13 bits per heavy atom. The first-order chi connectivity index (χ1) is 15.1. The molecule has 1 aliphatic heterocycles. The van der Waals surface area contributed by atoms with E-state index in [4.69, 9.17) is 9.47 Å². The third-order valence-corrected chi connectivity index (χ3v) is 5.44. The normalized spacial score (nSPS) is 13.9. The number of para-hydroxylation sites is 1. The Balaban J connectivity index is 1.49. The highest BCUT2D eigenvalue weighted by Crippen LogP contribution is 2.33. The van der Waals surface area contributed by atoms with Crippen molar-refractivity contribution in [1.82, 2.24) is 15.1 Å². The predicted molar refractivity (Wildman–Crippen MR) is 121 cm³/mol. The van der Waals surface area contributed by atoms with Crippen LogP contribution in [0.1, 0.15) is 41.9 Å². The highest BCUT2D eigenvalue weighted by Gasteiger charge is 2.17. The molecule has 6 nitrogen and oxygen atoms in total. The van der Waals surface area contributed by atoms with Crippen molar-refractivity contribution in [2.24, 2.45) is 0 Å². The van der Waals surface area contributed by atoms with Gasteiger partial charge in [0.15, 0.2) is 11.5 Å². The van der Waals surface area contributed by atoms with Crippen LogP contribution in [0.4, 0.5) is 0 Å². The Bertz CT molecular complexity index is 1100. The van der Waals surface area contributed by atoms with Gasteiger partial charge in [0.05, 0.1) is 17.4 Å². The van der Waals surface area contributed by atoms with Gasteiger partial charge in [-0.1, -0.05) is 31.2 Å². The van der Waals surface area contributed by atoms with Crippen molar-refractivity contribution >= 4 is 12.0 Å². The Labute approximate surface area is 182 Å². The van der Waals surface area contributed by atoms with E-state index >= 15 is 0 Å². The van der Waals surface area contributed by atoms with E-state index in [2.05, 4.69) is 10.4 Å². The number of aryl methyl sites for hydroxylation is 1. The van der Waals surface area contributed by atoms with E-state index in [1.807, 2.05) is 80.1 Å². The Morgan fingerprint density at radius 2 is 1.87 bits per heavy atom. The number of rotatable bonds is 6. The molecular weight excluding hydrogens is 390 g/mol. The summed E-state index contributed by atoms with van der Waals surface area (Å²) in [4.78, 5) is 12.7. The highest BCUT2D eigenvalue weighted by atomic mass is 16.6. The SMILES string of the molecule is CCC(NC(=O)/C=C/c1c(C)nn(-c2ccccc2)c1C)c1ccc2c(c1)OCCO2. The van der Waals surface area contributed by atoms with Gasteiger partial charge in [0.25, 0.3) is 0 Å². The van der Waals surface area contributed by atoms with Gasteiger partial charge in [0, 0.05) is 17.3 Å². The second kappa shape index (κ2) is 9.08. The number of ether oxygens (including phenoxy) is 2. The standard InChI is InChI=1S/C25H27N3O3/c1-4-22(19-10-12-23-24(16-19)31-15-14-30-23)26-25(29)13-11-21-17(2)27-28(18(21)3)20-8-6-5-7-9-20/h5-13,16,22H,4,14-15H2,1-3H3,(H,26,29)/b13-11+. The Morgan fingerprint density at radius 3 is 2.61 bits per heavy atom. The molecule has 1 aliphatic rings. The predicted octanol–water partition coefficient (Wildman–Crippen LogP) is 4.54. The van der Waals surface area contributed by atoms with E-state index in [9.17, 15) is 4.79 Å². The summed E-state index contributed by atoms with van der Waals surface area (Å²) in [5, 5.41) is 7.72. The molecule has 1 amide bonds. The minimum absolute atomic E-state index is 0.109. The molecule has 160 valence electrons. The summed E-state index contributed by atoms with van der Waals surface area (Å²) < 4.78 is 13.2. The van der Waals surface area contributed by atoms with Crippen LogP contribution in [0, 0.1) is 13.8 Å². The molecule has 2 heterocycles. The molecule has 6 heteroatoms. The maximum atomic E-state index is 12.7. The van der Waals surface area contributed by atoms with Crippen LogP contribution in [-0.2, 0) is 4.79 Å². The van der Waals surface area contributed by atoms with Gasteiger partial charge in [-0.3, -0.25) is 4.79 Å². The quantitative estimate of drug-likeness (QED) is 0.598. The molecule has 3 aromatic rings. The van der Waals surface area contributed by atoms with Crippen LogP contribution in [0.5, 0.6) is 11.5 Å². The molecule has 1 aromatic heterocycles. The fourth-order valence-corrected chi connectivity index (χ4v) is 3.79. The monoisotopic (exact) mass is 417 g/mol. The van der Waals surface area contributed by atoms with Crippen molar-refractivity contribution in [3.63, 3.8) is 0 Å². The third kappa shape index (κ3) is 4.48. The molecule has 1 atom stereocenters. The number of carbonyl (C=O) groups excluding carboxylic acids is 1. The van der Waals surface area contributed by atoms with Crippen LogP contribution in [0.15, 0.2) is 54.6 Å². The summed E-state index contributed by atoms with van der Waals surface area (Å²) in [5.74, 6) is 1.33. The topological polar surface area (TPSA) is 65.4 Å². The molecule has 1 N–H and O–H groups in total. The van der Waals surface area contributed by atoms with E-state index in [1.165, 1.54) is 0 Å². The second-order valence-corrected chi connectivity index (χ2v) is 7.54. The van der Waals surface area contributed by atoms with Crippen molar-refractivity contribution in [2.75, 3.05) is 13.2 Å². The fourth-order valence-electron chi connectivity index (χ4n) is 3.79. The molecule has 4 rings (SSSR count). The van der Waals surface area contributed by atoms with Crippen molar-refractivity contribution in [3.8, 4) is 17.2 Å². The first kappa shape index (κ1) is 20.7. The molecule has 1 unspecified atom stereocenters. The lowest BCUT2D eigenvalue weighted by Crippen LogP contribution is -2.26. The summed E-state index contributed by atoms with van der Waals surface area (Å²) in [7, 11) is 0. The minimum Gasteiger partial charge on any atom is -0.486 e. The van der Waals surface area contributed by atoms with E-state index in [1.54, 1.807) is 6.08 Å². The van der Waals surface area contributed by atoms with E-state index < -0.39 is 0 Å². The van der Waals surface area contributed by atoms with E-state index in [0.29, 0.717) is 13.2 Å². The van der Waals surface area contributed by atoms with Gasteiger partial charge < -0.3 is 14.8 Å². The average Bonchev–Trinajstić information content (AvgIpc) is 3.09. The van der Waals surface area contributed by atoms with Crippen LogP contribution in [0.2, 0.25) is 0 Å². The summed E-state index contributed by atoms with van der Waals surface area (Å²) in [6.07, 6.45) is 4.18. The number of nitrogens with one attached hydrogen (secondary N) is 1. The zero-order valence-electron chi connectivity index (χ0n) is 18.1. The smallest absolute Gasteiger partial charge is 0.244 e. The minimum atomic E-state index is -0.145. The largest absolute Gasteiger partial charge is 0.486 e. The lowest BCUT2D eigenvalue weighted by atomic mass is 10.0. The van der Waals surface area contributed by atoms with Crippen LogP contribution >= 0.6 is 0 Å². The summed E-state index contributed by atoms with van der Waals surface area (Å²) in [5.41, 5.74) is 4.82. The summed E-state index contributed by atoms with van der Waals surface area (Å²) >= 11 is 0. The third-order valence-electron chi connectivity index (χ3n) is 5.44. The maximum absolute atomic E-state index is 12.7. The molecular formula is C25H27N3O3. The Hall–Kier alpha value is -3.54. The van der Waals surface area contributed by atoms with Crippen LogP contribution < -0.4 is 14.8 Å². The van der Waals surface area contributed by atoms with Gasteiger partial charge in [-0.25, -0.2) is 4.68 Å². The fraction of sp³-hybridized carbons (Fsp3) is 0.280. The van der Waals surface area contributed by atoms with Gasteiger partial charge in [0.2, 0.25) is 5.91 Å². The summed E-state index contributed by atoms with van der Waals surface area (Å²) in [6, 6.07) is 15.7. The maximum Gasteiger partial charge on any atom is 0.244 e. The number of amides is 1. The van der Waals surface area contributed by atoms with Gasteiger partial charge in [-0.2, -0.15) is 5.10 Å². The molecule has 0 fully saturated rings. The number of hydrogen-bond acceptors (Lipinski definition) is 4. The molecule has 0 saturated carbocycles. The zero-order valence-corrected chi connectivity index (χ0v) is 18.1. The molecule has 0 bridgehead atoms. The first-order valence-electron chi connectivity index (χ1n) is 10.6. The number of benzene rings is 2. The van der Waals surface area contributed by atoms with E-state index in [-0.39, 0.29) is 11.9 Å². The lowest BCUT2D eigenvalue weighted by molar-refractivity contribution is -0.117. The molecule has 31 heavy (non-hydrogen) atoms. The number of hydrogen-bond donors (Lipinski definition) is 1. The molecule has 0 saturated heterocycles. The van der Waals surface area contributed by atoms with Crippen molar-refractivity contribution in [3.05, 3.63) is 77.1 Å². The van der Waals surface area contributed by atoms with Crippen LogP contribution in [0.3, 0.4) is 0 Å². The average molecular weight is 418 g/mol. The van der Waals surface area contributed by atoms with Gasteiger partial charge in [-0.15, -0.1) is 0 Å².